The van der Waals surface area contributed by atoms with E-state index in [1.165, 1.54) is 6.92 Å². The first-order chi connectivity index (χ1) is 15.5. The van der Waals surface area contributed by atoms with Gasteiger partial charge in [-0.15, -0.1) is 0 Å². The van der Waals surface area contributed by atoms with Crippen molar-refractivity contribution in [1.82, 2.24) is 5.32 Å². The van der Waals surface area contributed by atoms with Crippen molar-refractivity contribution in [3.05, 3.63) is 29.3 Å². The zero-order valence-electron chi connectivity index (χ0n) is 18.1. The highest BCUT2D eigenvalue weighted by Gasteiger charge is 2.29. The average Bonchev–Trinajstić information content (AvgIpc) is 2.77. The highest BCUT2D eigenvalue weighted by molar-refractivity contribution is 6.32. The quantitative estimate of drug-likeness (QED) is 0.388. The molecular formula is C22H27BN2O7. The molecule has 10 heteroatoms. The second-order valence-electron chi connectivity index (χ2n) is 7.95. The Labute approximate surface area is 187 Å². The summed E-state index contributed by atoms with van der Waals surface area (Å²) >= 11 is 0. The van der Waals surface area contributed by atoms with Crippen LogP contribution in [0.25, 0.3) is 0 Å². The summed E-state index contributed by atoms with van der Waals surface area (Å²) in [7, 11) is 0.190. The molecule has 1 aromatic carbocycles. The summed E-state index contributed by atoms with van der Waals surface area (Å²) in [6.45, 7) is 1.45. The van der Waals surface area contributed by atoms with Gasteiger partial charge in [0.1, 0.15) is 17.4 Å². The number of benzene rings is 1. The predicted molar refractivity (Wildman–Crippen MR) is 114 cm³/mol. The summed E-state index contributed by atoms with van der Waals surface area (Å²) in [6, 6.07) is 7.01. The Balaban J connectivity index is 1.53. The number of hydrogen-bond donors (Lipinski definition) is 1. The fourth-order valence-corrected chi connectivity index (χ4v) is 3.87. The van der Waals surface area contributed by atoms with E-state index in [0.717, 1.165) is 37.7 Å². The molecule has 2 atom stereocenters. The Morgan fingerprint density at radius 1 is 1.25 bits per heavy atom. The minimum absolute atomic E-state index is 0.132. The number of para-hydroxylation sites is 1. The predicted octanol–water partition coefficient (Wildman–Crippen LogP) is 2.71. The summed E-state index contributed by atoms with van der Waals surface area (Å²) in [6.07, 6.45) is 3.46. The lowest BCUT2D eigenvalue weighted by Gasteiger charge is -2.27. The lowest BCUT2D eigenvalue weighted by atomic mass is 9.79. The van der Waals surface area contributed by atoms with E-state index in [-0.39, 0.29) is 43.8 Å². The first-order valence-electron chi connectivity index (χ1n) is 11.0. The van der Waals surface area contributed by atoms with Crippen LogP contribution in [0, 0.1) is 11.3 Å². The summed E-state index contributed by atoms with van der Waals surface area (Å²) in [4.78, 5) is 36.4. The Kier molecular flexibility index (Phi) is 8.37. The average molecular weight is 442 g/mol. The number of amides is 1. The van der Waals surface area contributed by atoms with Gasteiger partial charge < -0.3 is 24.2 Å². The van der Waals surface area contributed by atoms with Crippen LogP contribution < -0.4 is 9.97 Å². The second kappa shape index (κ2) is 11.4. The van der Waals surface area contributed by atoms with Gasteiger partial charge in [-0.05, 0) is 43.7 Å². The molecule has 2 aliphatic rings. The topological polar surface area (TPSA) is 124 Å². The van der Waals surface area contributed by atoms with Gasteiger partial charge in [-0.1, -0.05) is 18.6 Å². The molecule has 0 bridgehead atoms. The minimum Gasteiger partial charge on any atom is -0.561 e. The molecule has 1 aromatic rings. The standard InChI is InChI=1S/C22H27BN2O7/c1-14(30-22(28)31-16-8-3-2-4-9-16)29-21(27)17-10-5-7-15-13-18(23-32-20(15)17)25-19(26)11-6-12-24/h5,7,10,14,16,18,23H,2-4,6,8-9,11,13H2,1H3,(H,25,26). The minimum atomic E-state index is -1.12. The van der Waals surface area contributed by atoms with Gasteiger partial charge in [-0.2, -0.15) is 5.26 Å². The van der Waals surface area contributed by atoms with E-state index in [1.54, 1.807) is 18.2 Å². The number of fused-ring (bicyclic) bond motifs is 1. The van der Waals surface area contributed by atoms with Crippen LogP contribution in [-0.4, -0.2) is 43.8 Å². The van der Waals surface area contributed by atoms with Gasteiger partial charge >= 0.3 is 19.6 Å². The number of esters is 1. The molecule has 0 spiro atoms. The maximum Gasteiger partial charge on any atom is 0.511 e. The van der Waals surface area contributed by atoms with Crippen molar-refractivity contribution in [3.63, 3.8) is 0 Å². The zero-order valence-corrected chi connectivity index (χ0v) is 18.1. The first kappa shape index (κ1) is 23.4. The van der Waals surface area contributed by atoms with Crippen molar-refractivity contribution in [2.24, 2.45) is 0 Å². The molecule has 1 amide bonds. The molecular weight excluding hydrogens is 415 g/mol. The zero-order chi connectivity index (χ0) is 22.9. The Morgan fingerprint density at radius 3 is 2.78 bits per heavy atom. The van der Waals surface area contributed by atoms with Crippen LogP contribution in [-0.2, 0) is 25.4 Å². The van der Waals surface area contributed by atoms with Crippen molar-refractivity contribution in [3.8, 4) is 11.8 Å². The third kappa shape index (κ3) is 6.64. The van der Waals surface area contributed by atoms with Gasteiger partial charge in [0, 0.05) is 25.7 Å². The molecule has 1 aliphatic heterocycles. The van der Waals surface area contributed by atoms with Crippen molar-refractivity contribution < 1.29 is 33.2 Å². The van der Waals surface area contributed by atoms with E-state index < -0.39 is 18.4 Å². The van der Waals surface area contributed by atoms with Crippen LogP contribution >= 0.6 is 0 Å². The number of rotatable bonds is 7. The smallest absolute Gasteiger partial charge is 0.511 e. The summed E-state index contributed by atoms with van der Waals surface area (Å²) in [5, 5.41) is 11.4. The van der Waals surface area contributed by atoms with Gasteiger partial charge in [0.2, 0.25) is 12.2 Å². The van der Waals surface area contributed by atoms with Crippen molar-refractivity contribution in [2.45, 2.75) is 76.6 Å². The Morgan fingerprint density at radius 2 is 2.03 bits per heavy atom. The van der Waals surface area contributed by atoms with E-state index in [2.05, 4.69) is 5.32 Å². The number of hydrogen-bond acceptors (Lipinski definition) is 8. The lowest BCUT2D eigenvalue weighted by molar-refractivity contribution is -0.121. The first-order valence-corrected chi connectivity index (χ1v) is 11.0. The largest absolute Gasteiger partial charge is 0.561 e. The van der Waals surface area contributed by atoms with Crippen LogP contribution in [0.1, 0.15) is 67.8 Å². The lowest BCUT2D eigenvalue weighted by Crippen LogP contribution is -2.45. The highest BCUT2D eigenvalue weighted by atomic mass is 16.8. The van der Waals surface area contributed by atoms with Crippen LogP contribution in [0.4, 0.5) is 4.79 Å². The third-order valence-electron chi connectivity index (χ3n) is 5.39. The Bertz CT molecular complexity index is 880. The molecule has 170 valence electrons. The van der Waals surface area contributed by atoms with Crippen LogP contribution in [0.2, 0.25) is 0 Å². The third-order valence-corrected chi connectivity index (χ3v) is 5.39. The number of nitrogens with one attached hydrogen (secondary N) is 1. The summed E-state index contributed by atoms with van der Waals surface area (Å²) in [5.41, 5.74) is 0.967. The van der Waals surface area contributed by atoms with Crippen LogP contribution in [0.3, 0.4) is 0 Å². The molecule has 1 saturated carbocycles. The van der Waals surface area contributed by atoms with Crippen molar-refractivity contribution in [1.29, 1.82) is 5.26 Å². The van der Waals surface area contributed by atoms with Gasteiger partial charge in [0.05, 0.1) is 6.07 Å². The molecule has 1 heterocycles. The van der Waals surface area contributed by atoms with Gasteiger partial charge in [0.25, 0.3) is 0 Å². The number of carbonyl (C=O) groups is 3. The molecule has 2 unspecified atom stereocenters. The summed E-state index contributed by atoms with van der Waals surface area (Å²) in [5.74, 6) is -0.768. The molecule has 0 aromatic heterocycles. The maximum atomic E-state index is 12.6. The number of nitrogens with zero attached hydrogens (tertiary/aromatic N) is 1. The van der Waals surface area contributed by atoms with E-state index in [1.807, 2.05) is 6.07 Å². The van der Waals surface area contributed by atoms with E-state index in [4.69, 9.17) is 24.1 Å². The molecule has 3 rings (SSSR count). The fourth-order valence-electron chi connectivity index (χ4n) is 3.87. The Hall–Kier alpha value is -3.22. The molecule has 0 saturated heterocycles. The normalized spacial score (nSPS) is 18.6. The van der Waals surface area contributed by atoms with Crippen LogP contribution in [0.5, 0.6) is 5.75 Å². The van der Waals surface area contributed by atoms with Crippen LogP contribution in [0.15, 0.2) is 18.2 Å². The molecule has 1 N–H and O–H groups in total. The monoisotopic (exact) mass is 442 g/mol. The van der Waals surface area contributed by atoms with Gasteiger partial charge in [-0.25, -0.2) is 9.59 Å². The molecule has 1 aliphatic carbocycles. The number of carbonyl (C=O) groups excluding carboxylic acids is 3. The fraction of sp³-hybridized carbons (Fsp3) is 0.545. The van der Waals surface area contributed by atoms with E-state index in [0.29, 0.717) is 12.2 Å². The van der Waals surface area contributed by atoms with Crippen molar-refractivity contribution in [2.75, 3.05) is 0 Å². The van der Waals surface area contributed by atoms with Crippen molar-refractivity contribution >= 4 is 25.5 Å². The molecule has 0 radical (unpaired) electrons. The van der Waals surface area contributed by atoms with Gasteiger partial charge in [0.15, 0.2) is 0 Å². The number of nitriles is 1. The summed E-state index contributed by atoms with van der Waals surface area (Å²) < 4.78 is 21.3. The highest BCUT2D eigenvalue weighted by Crippen LogP contribution is 2.29. The SMILES string of the molecule is CC(OC(=O)OC1CCCCC1)OC(=O)c1cccc2c1OBC(NC(=O)CCC#N)C2. The van der Waals surface area contributed by atoms with E-state index in [9.17, 15) is 14.4 Å². The molecule has 9 nitrogen and oxygen atoms in total. The van der Waals surface area contributed by atoms with Gasteiger partial charge in [-0.3, -0.25) is 4.79 Å². The molecule has 32 heavy (non-hydrogen) atoms. The molecule has 1 fully saturated rings. The van der Waals surface area contributed by atoms with E-state index >= 15 is 0 Å². The second-order valence-corrected chi connectivity index (χ2v) is 7.95. The maximum absolute atomic E-state index is 12.6. The number of ether oxygens (including phenoxy) is 3.